The van der Waals surface area contributed by atoms with Gasteiger partial charge in [-0.05, 0) is 46.9 Å². The molecule has 0 saturated carbocycles. The maximum absolute atomic E-state index is 5.78. The standard InChI is InChI=1S/C13H10IN3/c14-10-4-5-13-16-12(8-17(13)7-10)9-2-1-3-11(15)6-9/h1-8H,15H2. The number of aromatic nitrogens is 2. The van der Waals surface area contributed by atoms with Gasteiger partial charge in [0, 0.05) is 27.2 Å². The molecule has 0 atom stereocenters. The van der Waals surface area contributed by atoms with Gasteiger partial charge < -0.3 is 10.1 Å². The molecular weight excluding hydrogens is 325 g/mol. The highest BCUT2D eigenvalue weighted by molar-refractivity contribution is 14.1. The maximum atomic E-state index is 5.78. The average molecular weight is 335 g/mol. The first-order valence-corrected chi connectivity index (χ1v) is 6.30. The predicted molar refractivity (Wildman–Crippen MR) is 77.8 cm³/mol. The van der Waals surface area contributed by atoms with Crippen LogP contribution in [0.15, 0.2) is 48.8 Å². The summed E-state index contributed by atoms with van der Waals surface area (Å²) in [5.41, 5.74) is 9.47. The largest absolute Gasteiger partial charge is 0.399 e. The first kappa shape index (κ1) is 10.6. The number of nitrogens with zero attached hydrogens (tertiary/aromatic N) is 2. The van der Waals surface area contributed by atoms with Crippen molar-refractivity contribution >= 4 is 33.9 Å². The summed E-state index contributed by atoms with van der Waals surface area (Å²) in [4.78, 5) is 4.57. The lowest BCUT2D eigenvalue weighted by Crippen LogP contribution is -1.84. The van der Waals surface area contributed by atoms with E-state index < -0.39 is 0 Å². The Labute approximate surface area is 112 Å². The molecule has 0 aliphatic heterocycles. The number of hydrogen-bond donors (Lipinski definition) is 1. The van der Waals surface area contributed by atoms with Crippen LogP contribution in [0.25, 0.3) is 16.9 Å². The van der Waals surface area contributed by atoms with Gasteiger partial charge in [0.15, 0.2) is 0 Å². The Morgan fingerprint density at radius 1 is 1.12 bits per heavy atom. The minimum atomic E-state index is 0.758. The van der Waals surface area contributed by atoms with E-state index in [-0.39, 0.29) is 0 Å². The Morgan fingerprint density at radius 2 is 2.00 bits per heavy atom. The highest BCUT2D eigenvalue weighted by atomic mass is 127. The van der Waals surface area contributed by atoms with Gasteiger partial charge in [0.1, 0.15) is 5.65 Å². The molecule has 3 nitrogen and oxygen atoms in total. The molecule has 0 aliphatic rings. The lowest BCUT2D eigenvalue weighted by Gasteiger charge is -1.96. The van der Waals surface area contributed by atoms with Gasteiger partial charge in [-0.2, -0.15) is 0 Å². The van der Waals surface area contributed by atoms with E-state index in [1.165, 1.54) is 3.57 Å². The quantitative estimate of drug-likeness (QED) is 0.548. The number of halogens is 1. The molecule has 3 aromatic rings. The normalized spacial score (nSPS) is 10.9. The first-order chi connectivity index (χ1) is 8.22. The molecule has 2 aromatic heterocycles. The van der Waals surface area contributed by atoms with Crippen LogP contribution in [0.5, 0.6) is 0 Å². The summed E-state index contributed by atoms with van der Waals surface area (Å²) in [7, 11) is 0. The van der Waals surface area contributed by atoms with Crippen LogP contribution in [0.4, 0.5) is 5.69 Å². The van der Waals surface area contributed by atoms with Crippen LogP contribution in [0.2, 0.25) is 0 Å². The van der Waals surface area contributed by atoms with Gasteiger partial charge in [-0.1, -0.05) is 12.1 Å². The molecule has 0 aliphatic carbocycles. The van der Waals surface area contributed by atoms with Gasteiger partial charge >= 0.3 is 0 Å². The van der Waals surface area contributed by atoms with Gasteiger partial charge in [0.25, 0.3) is 0 Å². The van der Waals surface area contributed by atoms with Crippen LogP contribution in [0.3, 0.4) is 0 Å². The summed E-state index contributed by atoms with van der Waals surface area (Å²) in [6.45, 7) is 0. The number of nitrogen functional groups attached to an aromatic ring is 1. The SMILES string of the molecule is Nc1cccc(-c2cn3cc(I)ccc3n2)c1. The summed E-state index contributed by atoms with van der Waals surface area (Å²) < 4.78 is 3.21. The van der Waals surface area contributed by atoms with Crippen molar-refractivity contribution in [2.75, 3.05) is 5.73 Å². The highest BCUT2D eigenvalue weighted by Crippen LogP contribution is 2.21. The zero-order valence-corrected chi connectivity index (χ0v) is 11.1. The molecule has 0 amide bonds. The van der Waals surface area contributed by atoms with Crippen LogP contribution in [-0.2, 0) is 0 Å². The number of nitrogens with two attached hydrogens (primary N) is 1. The third-order valence-corrected chi connectivity index (χ3v) is 3.24. The third-order valence-electron chi connectivity index (χ3n) is 2.60. The topological polar surface area (TPSA) is 43.3 Å². The van der Waals surface area contributed by atoms with Gasteiger partial charge in [-0.25, -0.2) is 4.98 Å². The molecular formula is C13H10IN3. The Hall–Kier alpha value is -1.56. The maximum Gasteiger partial charge on any atom is 0.137 e. The van der Waals surface area contributed by atoms with E-state index in [0.29, 0.717) is 0 Å². The zero-order valence-electron chi connectivity index (χ0n) is 8.97. The Bertz CT molecular complexity index is 688. The number of imidazole rings is 1. The molecule has 0 fully saturated rings. The Balaban J connectivity index is 2.18. The van der Waals surface area contributed by atoms with Crippen LogP contribution in [0.1, 0.15) is 0 Å². The molecule has 0 spiro atoms. The van der Waals surface area contributed by atoms with E-state index in [4.69, 9.17) is 5.73 Å². The number of pyridine rings is 1. The summed E-state index contributed by atoms with van der Waals surface area (Å²) in [5, 5.41) is 0. The molecule has 84 valence electrons. The number of fused-ring (bicyclic) bond motifs is 1. The Morgan fingerprint density at radius 3 is 2.82 bits per heavy atom. The van der Waals surface area contributed by atoms with Crippen molar-refractivity contribution in [3.8, 4) is 11.3 Å². The highest BCUT2D eigenvalue weighted by Gasteiger charge is 2.04. The van der Waals surface area contributed by atoms with Crippen molar-refractivity contribution in [3.05, 3.63) is 52.4 Å². The number of benzene rings is 1. The lowest BCUT2D eigenvalue weighted by molar-refractivity contribution is 1.17. The smallest absolute Gasteiger partial charge is 0.137 e. The van der Waals surface area contributed by atoms with Crippen molar-refractivity contribution in [2.24, 2.45) is 0 Å². The Kier molecular flexibility index (Phi) is 2.51. The molecule has 0 bridgehead atoms. The van der Waals surface area contributed by atoms with Crippen LogP contribution >= 0.6 is 22.6 Å². The minimum absolute atomic E-state index is 0.758. The molecule has 0 radical (unpaired) electrons. The predicted octanol–water partition coefficient (Wildman–Crippen LogP) is 3.19. The van der Waals surface area contributed by atoms with Gasteiger partial charge in [-0.15, -0.1) is 0 Å². The van der Waals surface area contributed by atoms with Crippen molar-refractivity contribution in [1.82, 2.24) is 9.38 Å². The van der Waals surface area contributed by atoms with Crippen LogP contribution < -0.4 is 5.73 Å². The van der Waals surface area contributed by atoms with Gasteiger partial charge in [-0.3, -0.25) is 0 Å². The fourth-order valence-electron chi connectivity index (χ4n) is 1.80. The van der Waals surface area contributed by atoms with Gasteiger partial charge in [0.2, 0.25) is 0 Å². The molecule has 3 rings (SSSR count). The van der Waals surface area contributed by atoms with E-state index >= 15 is 0 Å². The van der Waals surface area contributed by atoms with E-state index in [1.807, 2.05) is 47.0 Å². The van der Waals surface area contributed by atoms with E-state index in [0.717, 1.165) is 22.6 Å². The minimum Gasteiger partial charge on any atom is -0.399 e. The number of anilines is 1. The van der Waals surface area contributed by atoms with Crippen LogP contribution in [0, 0.1) is 3.57 Å². The van der Waals surface area contributed by atoms with E-state index in [1.54, 1.807) is 0 Å². The van der Waals surface area contributed by atoms with Crippen molar-refractivity contribution < 1.29 is 0 Å². The molecule has 0 saturated heterocycles. The lowest BCUT2D eigenvalue weighted by atomic mass is 10.1. The first-order valence-electron chi connectivity index (χ1n) is 5.22. The summed E-state index contributed by atoms with van der Waals surface area (Å²) in [6.07, 6.45) is 4.07. The third kappa shape index (κ3) is 2.00. The van der Waals surface area contributed by atoms with Gasteiger partial charge in [0.05, 0.1) is 5.69 Å². The fourth-order valence-corrected chi connectivity index (χ4v) is 2.28. The second-order valence-electron chi connectivity index (χ2n) is 3.86. The average Bonchev–Trinajstić information content (AvgIpc) is 2.72. The summed E-state index contributed by atoms with van der Waals surface area (Å²) in [5.74, 6) is 0. The zero-order chi connectivity index (χ0) is 11.8. The second kappa shape index (κ2) is 4.03. The van der Waals surface area contributed by atoms with E-state index in [9.17, 15) is 0 Å². The summed E-state index contributed by atoms with van der Waals surface area (Å²) in [6, 6.07) is 11.8. The monoisotopic (exact) mass is 335 g/mol. The number of rotatable bonds is 1. The summed E-state index contributed by atoms with van der Waals surface area (Å²) >= 11 is 2.29. The van der Waals surface area contributed by atoms with Crippen LogP contribution in [-0.4, -0.2) is 9.38 Å². The second-order valence-corrected chi connectivity index (χ2v) is 5.11. The molecule has 17 heavy (non-hydrogen) atoms. The molecule has 2 heterocycles. The van der Waals surface area contributed by atoms with E-state index in [2.05, 4.69) is 33.8 Å². The molecule has 4 heteroatoms. The molecule has 2 N–H and O–H groups in total. The fraction of sp³-hybridized carbons (Fsp3) is 0. The van der Waals surface area contributed by atoms with Crippen molar-refractivity contribution in [1.29, 1.82) is 0 Å². The molecule has 0 unspecified atom stereocenters. The van der Waals surface area contributed by atoms with Crippen molar-refractivity contribution in [2.45, 2.75) is 0 Å². The van der Waals surface area contributed by atoms with Crippen molar-refractivity contribution in [3.63, 3.8) is 0 Å². The number of hydrogen-bond acceptors (Lipinski definition) is 2. The molecule has 1 aromatic carbocycles.